The zero-order chi connectivity index (χ0) is 21.1. The van der Waals surface area contributed by atoms with Crippen LogP contribution in [-0.4, -0.2) is 14.8 Å². The van der Waals surface area contributed by atoms with E-state index in [-0.39, 0.29) is 0 Å². The molecule has 1 aromatic heterocycles. The van der Waals surface area contributed by atoms with Crippen LogP contribution in [0.2, 0.25) is 5.02 Å². The van der Waals surface area contributed by atoms with Crippen LogP contribution in [0.25, 0.3) is 17.1 Å². The summed E-state index contributed by atoms with van der Waals surface area (Å²) >= 11 is 7.60. The summed E-state index contributed by atoms with van der Waals surface area (Å²) in [7, 11) is 0. The summed E-state index contributed by atoms with van der Waals surface area (Å²) in [6.07, 6.45) is -4.44. The predicted octanol–water partition coefficient (Wildman–Crippen LogP) is 6.90. The van der Waals surface area contributed by atoms with Gasteiger partial charge in [-0.15, -0.1) is 10.2 Å². The number of nitrogens with zero attached hydrogens (tertiary/aromatic N) is 3. The topological polar surface area (TPSA) is 30.7 Å². The number of hydrogen-bond acceptors (Lipinski definition) is 3. The molecule has 0 saturated heterocycles. The number of hydrogen-bond donors (Lipinski definition) is 0. The minimum Gasteiger partial charge on any atom is -0.270 e. The molecule has 0 aliphatic carbocycles. The average Bonchev–Trinajstić information content (AvgIpc) is 3.17. The molecule has 0 radical (unpaired) electrons. The van der Waals surface area contributed by atoms with Crippen molar-refractivity contribution >= 4 is 23.4 Å². The molecule has 0 N–H and O–H groups in total. The van der Waals surface area contributed by atoms with Crippen LogP contribution < -0.4 is 0 Å². The molecule has 0 aliphatic rings. The molecule has 0 spiro atoms. The Balaban J connectivity index is 1.78. The van der Waals surface area contributed by atoms with Gasteiger partial charge in [0.25, 0.3) is 0 Å². The fraction of sp³-hybridized carbons (Fsp3) is 0.0909. The number of benzene rings is 3. The van der Waals surface area contributed by atoms with Crippen molar-refractivity contribution in [3.63, 3.8) is 0 Å². The van der Waals surface area contributed by atoms with Gasteiger partial charge in [-0.3, -0.25) is 4.57 Å². The highest BCUT2D eigenvalue weighted by Crippen LogP contribution is 2.34. The van der Waals surface area contributed by atoms with Crippen molar-refractivity contribution in [1.82, 2.24) is 14.8 Å². The fourth-order valence-corrected chi connectivity index (χ4v) is 4.19. The second-order valence-electron chi connectivity index (χ2n) is 6.44. The highest BCUT2D eigenvalue weighted by molar-refractivity contribution is 7.98. The van der Waals surface area contributed by atoms with Crippen LogP contribution in [0.5, 0.6) is 0 Å². The first-order chi connectivity index (χ1) is 14.4. The fourth-order valence-electron chi connectivity index (χ4n) is 2.95. The summed E-state index contributed by atoms with van der Waals surface area (Å²) in [5.74, 6) is 0.975. The number of rotatable bonds is 5. The van der Waals surface area contributed by atoms with E-state index >= 15 is 0 Å². The molecule has 8 heteroatoms. The first kappa shape index (κ1) is 20.5. The van der Waals surface area contributed by atoms with E-state index in [0.29, 0.717) is 27.4 Å². The molecular formula is C22H15ClF3N3S. The minimum absolute atomic E-state index is 0.343. The van der Waals surface area contributed by atoms with Gasteiger partial charge in [-0.05, 0) is 29.8 Å². The number of thioether (sulfide) groups is 1. The van der Waals surface area contributed by atoms with Gasteiger partial charge >= 0.3 is 6.18 Å². The van der Waals surface area contributed by atoms with E-state index in [1.54, 1.807) is 16.7 Å². The summed E-state index contributed by atoms with van der Waals surface area (Å²) in [6, 6.07) is 21.8. The van der Waals surface area contributed by atoms with Crippen LogP contribution in [0.4, 0.5) is 13.2 Å². The highest BCUT2D eigenvalue weighted by Gasteiger charge is 2.31. The SMILES string of the molecule is FC(F)(F)c1cccc(-n2c(SCc3ccccc3Cl)nnc2-c2ccccc2)c1. The van der Waals surface area contributed by atoms with E-state index in [2.05, 4.69) is 10.2 Å². The largest absolute Gasteiger partial charge is 0.416 e. The highest BCUT2D eigenvalue weighted by atomic mass is 35.5. The molecule has 0 amide bonds. The van der Waals surface area contributed by atoms with Gasteiger partial charge < -0.3 is 0 Å². The first-order valence-electron chi connectivity index (χ1n) is 8.98. The maximum Gasteiger partial charge on any atom is 0.416 e. The van der Waals surface area contributed by atoms with Gasteiger partial charge in [0.05, 0.1) is 11.3 Å². The molecule has 3 aromatic carbocycles. The third kappa shape index (κ3) is 4.37. The van der Waals surface area contributed by atoms with Crippen molar-refractivity contribution in [2.45, 2.75) is 17.1 Å². The summed E-state index contributed by atoms with van der Waals surface area (Å²) < 4.78 is 41.5. The molecule has 0 atom stereocenters. The Morgan fingerprint density at radius 1 is 0.867 bits per heavy atom. The number of alkyl halides is 3. The van der Waals surface area contributed by atoms with Gasteiger partial charge in [0.2, 0.25) is 0 Å². The molecule has 30 heavy (non-hydrogen) atoms. The Morgan fingerprint density at radius 3 is 2.33 bits per heavy atom. The Labute approximate surface area is 180 Å². The van der Waals surface area contributed by atoms with Crippen molar-refractivity contribution in [3.8, 4) is 17.1 Å². The second-order valence-corrected chi connectivity index (χ2v) is 7.79. The Bertz CT molecular complexity index is 1160. The maximum atomic E-state index is 13.3. The Hall–Kier alpha value is -2.77. The van der Waals surface area contributed by atoms with Crippen LogP contribution in [0.3, 0.4) is 0 Å². The van der Waals surface area contributed by atoms with E-state index in [1.807, 2.05) is 48.5 Å². The lowest BCUT2D eigenvalue weighted by Crippen LogP contribution is -2.07. The van der Waals surface area contributed by atoms with Gasteiger partial charge in [0, 0.05) is 16.3 Å². The van der Waals surface area contributed by atoms with Crippen LogP contribution >= 0.6 is 23.4 Å². The molecule has 1 heterocycles. The normalized spacial score (nSPS) is 11.6. The van der Waals surface area contributed by atoms with Crippen molar-refractivity contribution in [1.29, 1.82) is 0 Å². The third-order valence-corrected chi connectivity index (χ3v) is 5.76. The van der Waals surface area contributed by atoms with E-state index in [1.165, 1.54) is 17.8 Å². The lowest BCUT2D eigenvalue weighted by Gasteiger charge is -2.13. The molecule has 4 rings (SSSR count). The zero-order valence-electron chi connectivity index (χ0n) is 15.5. The van der Waals surface area contributed by atoms with Crippen LogP contribution in [0.15, 0.2) is 84.0 Å². The molecule has 0 aliphatic heterocycles. The molecule has 4 aromatic rings. The van der Waals surface area contributed by atoms with Crippen LogP contribution in [-0.2, 0) is 11.9 Å². The van der Waals surface area contributed by atoms with Crippen molar-refractivity contribution in [3.05, 3.63) is 95.0 Å². The first-order valence-corrected chi connectivity index (χ1v) is 10.3. The summed E-state index contributed by atoms with van der Waals surface area (Å²) in [4.78, 5) is 0. The van der Waals surface area contributed by atoms with Crippen LogP contribution in [0, 0.1) is 0 Å². The van der Waals surface area contributed by atoms with E-state index in [0.717, 1.165) is 23.3 Å². The van der Waals surface area contributed by atoms with Crippen LogP contribution in [0.1, 0.15) is 11.1 Å². The second kappa shape index (κ2) is 8.53. The molecule has 152 valence electrons. The maximum absolute atomic E-state index is 13.3. The quantitative estimate of drug-likeness (QED) is 0.313. The molecule has 0 fully saturated rings. The van der Waals surface area contributed by atoms with Gasteiger partial charge in [-0.2, -0.15) is 13.2 Å². The molecule has 3 nitrogen and oxygen atoms in total. The van der Waals surface area contributed by atoms with Gasteiger partial charge in [0.1, 0.15) is 0 Å². The monoisotopic (exact) mass is 445 g/mol. The zero-order valence-corrected chi connectivity index (χ0v) is 17.0. The van der Waals surface area contributed by atoms with E-state index in [9.17, 15) is 13.2 Å². The van der Waals surface area contributed by atoms with Crippen molar-refractivity contribution in [2.75, 3.05) is 0 Å². The van der Waals surface area contributed by atoms with E-state index in [4.69, 9.17) is 11.6 Å². The Morgan fingerprint density at radius 2 is 1.60 bits per heavy atom. The summed E-state index contributed by atoms with van der Waals surface area (Å²) in [6.45, 7) is 0. The smallest absolute Gasteiger partial charge is 0.270 e. The van der Waals surface area contributed by atoms with Gasteiger partial charge in [-0.25, -0.2) is 0 Å². The van der Waals surface area contributed by atoms with E-state index < -0.39 is 11.7 Å². The molecule has 0 saturated carbocycles. The number of halogens is 4. The third-order valence-electron chi connectivity index (χ3n) is 4.41. The van der Waals surface area contributed by atoms with Crippen molar-refractivity contribution < 1.29 is 13.2 Å². The molecule has 0 unspecified atom stereocenters. The summed E-state index contributed by atoms with van der Waals surface area (Å²) in [5.41, 5.74) is 1.28. The number of aromatic nitrogens is 3. The predicted molar refractivity (Wildman–Crippen MR) is 113 cm³/mol. The molecule has 0 bridgehead atoms. The standard InChI is InChI=1S/C22H15ClF3N3S/c23-19-12-5-4-9-16(19)14-30-21-28-27-20(15-7-2-1-3-8-15)29(21)18-11-6-10-17(13-18)22(24,25)26/h1-13H,14H2. The average molecular weight is 446 g/mol. The molecular weight excluding hydrogens is 431 g/mol. The summed E-state index contributed by atoms with van der Waals surface area (Å²) in [5, 5.41) is 9.63. The van der Waals surface area contributed by atoms with Crippen molar-refractivity contribution in [2.24, 2.45) is 0 Å². The van der Waals surface area contributed by atoms with Gasteiger partial charge in [0.15, 0.2) is 11.0 Å². The lowest BCUT2D eigenvalue weighted by atomic mass is 10.1. The Kier molecular flexibility index (Phi) is 5.83. The minimum atomic E-state index is -4.44. The lowest BCUT2D eigenvalue weighted by molar-refractivity contribution is -0.137. The van der Waals surface area contributed by atoms with Gasteiger partial charge in [-0.1, -0.05) is 78.0 Å².